The number of aryl methyl sites for hydroxylation is 1. The molecular weight excluding hydrogens is 368 g/mol. The van der Waals surface area contributed by atoms with Crippen LogP contribution in [-0.4, -0.2) is 26.4 Å². The first-order valence-electron chi connectivity index (χ1n) is 9.47. The third-order valence-electron chi connectivity index (χ3n) is 4.85. The molecule has 0 aliphatic carbocycles. The summed E-state index contributed by atoms with van der Waals surface area (Å²) in [7, 11) is 1.92. The Bertz CT molecular complexity index is 932. The average Bonchev–Trinajstić information content (AvgIpc) is 3.07. The Morgan fingerprint density at radius 3 is 2.43 bits per heavy atom. The smallest absolute Gasteiger partial charge is 0.234 e. The number of thioether (sulfide) groups is 1. The minimum absolute atomic E-state index is 0.0545. The first-order chi connectivity index (χ1) is 13.5. The van der Waals surface area contributed by atoms with Gasteiger partial charge in [-0.2, -0.15) is 0 Å². The van der Waals surface area contributed by atoms with Gasteiger partial charge in [-0.25, -0.2) is 0 Å². The Balaban J connectivity index is 1.58. The van der Waals surface area contributed by atoms with Crippen LogP contribution in [0.2, 0.25) is 0 Å². The Morgan fingerprint density at radius 1 is 1.11 bits per heavy atom. The normalized spacial score (nSPS) is 12.0. The van der Waals surface area contributed by atoms with Gasteiger partial charge < -0.3 is 9.88 Å². The molecule has 1 N–H and O–H groups in total. The van der Waals surface area contributed by atoms with E-state index in [-0.39, 0.29) is 11.7 Å². The summed E-state index contributed by atoms with van der Waals surface area (Å²) in [6.07, 6.45) is 1.10. The van der Waals surface area contributed by atoms with Crippen molar-refractivity contribution in [2.24, 2.45) is 7.05 Å². The monoisotopic (exact) mass is 394 g/mol. The predicted octanol–water partition coefficient (Wildman–Crippen LogP) is 5.03. The van der Waals surface area contributed by atoms with Gasteiger partial charge in [0.2, 0.25) is 5.91 Å². The fourth-order valence-corrected chi connectivity index (χ4v) is 3.56. The van der Waals surface area contributed by atoms with E-state index in [1.54, 1.807) is 0 Å². The molecule has 0 saturated carbocycles. The standard InChI is InChI=1S/C22H26N4OS/c1-5-16(3)17-10-12-19(13-11-17)23-20(27)14-28-22-25-24-21(26(22)4)18-8-6-15(2)7-9-18/h6-13,16H,5,14H2,1-4H3,(H,23,27). The molecule has 0 aliphatic rings. The van der Waals surface area contributed by atoms with Gasteiger partial charge in [-0.05, 0) is 37.0 Å². The molecule has 1 aromatic heterocycles. The van der Waals surface area contributed by atoms with Gasteiger partial charge >= 0.3 is 0 Å². The fourth-order valence-electron chi connectivity index (χ4n) is 2.85. The fraction of sp³-hybridized carbons (Fsp3) is 0.318. The molecule has 2 aromatic carbocycles. The summed E-state index contributed by atoms with van der Waals surface area (Å²) in [6, 6.07) is 16.2. The largest absolute Gasteiger partial charge is 0.325 e. The molecule has 1 unspecified atom stereocenters. The lowest BCUT2D eigenvalue weighted by Crippen LogP contribution is -2.14. The van der Waals surface area contributed by atoms with Crippen molar-refractivity contribution in [1.29, 1.82) is 0 Å². The number of carbonyl (C=O) groups excluding carboxylic acids is 1. The van der Waals surface area contributed by atoms with E-state index in [1.807, 2.05) is 35.9 Å². The highest BCUT2D eigenvalue weighted by molar-refractivity contribution is 7.99. The van der Waals surface area contributed by atoms with Crippen LogP contribution in [-0.2, 0) is 11.8 Å². The second kappa shape index (κ2) is 9.06. The van der Waals surface area contributed by atoms with E-state index in [9.17, 15) is 4.79 Å². The van der Waals surface area contributed by atoms with Crippen molar-refractivity contribution >= 4 is 23.4 Å². The number of anilines is 1. The number of hydrogen-bond acceptors (Lipinski definition) is 4. The van der Waals surface area contributed by atoms with Crippen LogP contribution in [0, 0.1) is 6.92 Å². The van der Waals surface area contributed by atoms with Crippen molar-refractivity contribution in [3.8, 4) is 11.4 Å². The first kappa shape index (κ1) is 20.1. The van der Waals surface area contributed by atoms with Gasteiger partial charge in [0.1, 0.15) is 0 Å². The molecule has 6 heteroatoms. The SMILES string of the molecule is CCC(C)c1ccc(NC(=O)CSc2nnc(-c3ccc(C)cc3)n2C)cc1. The van der Waals surface area contributed by atoms with Gasteiger partial charge in [-0.15, -0.1) is 10.2 Å². The maximum Gasteiger partial charge on any atom is 0.234 e. The topological polar surface area (TPSA) is 59.8 Å². The summed E-state index contributed by atoms with van der Waals surface area (Å²) >= 11 is 1.38. The van der Waals surface area contributed by atoms with Crippen molar-refractivity contribution in [2.45, 2.75) is 38.3 Å². The highest BCUT2D eigenvalue weighted by Crippen LogP contribution is 2.24. The molecule has 0 aliphatic heterocycles. The van der Waals surface area contributed by atoms with Gasteiger partial charge in [0, 0.05) is 18.3 Å². The Kier molecular flexibility index (Phi) is 6.52. The van der Waals surface area contributed by atoms with Crippen LogP contribution in [0.25, 0.3) is 11.4 Å². The maximum atomic E-state index is 12.3. The summed E-state index contributed by atoms with van der Waals surface area (Å²) in [5, 5.41) is 12.2. The molecule has 1 atom stereocenters. The number of nitrogens with zero attached hydrogens (tertiary/aromatic N) is 3. The summed E-state index contributed by atoms with van der Waals surface area (Å²) in [4.78, 5) is 12.3. The zero-order chi connectivity index (χ0) is 20.1. The summed E-state index contributed by atoms with van der Waals surface area (Å²) < 4.78 is 1.92. The Hall–Kier alpha value is -2.60. The van der Waals surface area contributed by atoms with Crippen LogP contribution < -0.4 is 5.32 Å². The molecule has 146 valence electrons. The van der Waals surface area contributed by atoms with Crippen molar-refractivity contribution in [3.63, 3.8) is 0 Å². The molecule has 1 heterocycles. The molecular formula is C22H26N4OS. The molecule has 3 rings (SSSR count). The van der Waals surface area contributed by atoms with Crippen LogP contribution in [0.3, 0.4) is 0 Å². The van der Waals surface area contributed by atoms with E-state index in [0.717, 1.165) is 28.7 Å². The van der Waals surface area contributed by atoms with E-state index in [2.05, 4.69) is 60.6 Å². The highest BCUT2D eigenvalue weighted by atomic mass is 32.2. The lowest BCUT2D eigenvalue weighted by molar-refractivity contribution is -0.113. The molecule has 1 amide bonds. The van der Waals surface area contributed by atoms with Gasteiger partial charge in [0.05, 0.1) is 5.75 Å². The molecule has 0 spiro atoms. The Morgan fingerprint density at radius 2 is 1.79 bits per heavy atom. The van der Waals surface area contributed by atoms with Crippen molar-refractivity contribution in [1.82, 2.24) is 14.8 Å². The molecule has 0 radical (unpaired) electrons. The average molecular weight is 395 g/mol. The molecule has 5 nitrogen and oxygen atoms in total. The van der Waals surface area contributed by atoms with Gasteiger partial charge in [-0.1, -0.05) is 67.6 Å². The molecule has 28 heavy (non-hydrogen) atoms. The number of carbonyl (C=O) groups is 1. The lowest BCUT2D eigenvalue weighted by Gasteiger charge is -2.10. The molecule has 0 saturated heterocycles. The van der Waals surface area contributed by atoms with Gasteiger partial charge in [-0.3, -0.25) is 4.79 Å². The Labute approximate surface area is 170 Å². The van der Waals surface area contributed by atoms with Gasteiger partial charge in [0.25, 0.3) is 0 Å². The number of nitrogens with one attached hydrogen (secondary N) is 1. The summed E-state index contributed by atoms with van der Waals surface area (Å²) in [5.41, 5.74) is 4.32. The minimum Gasteiger partial charge on any atom is -0.325 e. The quantitative estimate of drug-likeness (QED) is 0.571. The van der Waals surface area contributed by atoms with E-state index >= 15 is 0 Å². The van der Waals surface area contributed by atoms with Gasteiger partial charge in [0.15, 0.2) is 11.0 Å². The number of amides is 1. The maximum absolute atomic E-state index is 12.3. The van der Waals surface area contributed by atoms with E-state index in [0.29, 0.717) is 5.92 Å². The van der Waals surface area contributed by atoms with E-state index in [4.69, 9.17) is 0 Å². The van der Waals surface area contributed by atoms with Crippen LogP contribution >= 0.6 is 11.8 Å². The third kappa shape index (κ3) is 4.81. The zero-order valence-corrected chi connectivity index (χ0v) is 17.6. The second-order valence-electron chi connectivity index (χ2n) is 7.00. The highest BCUT2D eigenvalue weighted by Gasteiger charge is 2.13. The van der Waals surface area contributed by atoms with E-state index in [1.165, 1.54) is 22.9 Å². The van der Waals surface area contributed by atoms with E-state index < -0.39 is 0 Å². The van der Waals surface area contributed by atoms with Crippen molar-refractivity contribution in [3.05, 3.63) is 59.7 Å². The number of aromatic nitrogens is 3. The van der Waals surface area contributed by atoms with Crippen LogP contribution in [0.1, 0.15) is 37.3 Å². The molecule has 0 fully saturated rings. The third-order valence-corrected chi connectivity index (χ3v) is 5.87. The second-order valence-corrected chi connectivity index (χ2v) is 7.94. The molecule has 0 bridgehead atoms. The van der Waals surface area contributed by atoms with Crippen molar-refractivity contribution < 1.29 is 4.79 Å². The number of benzene rings is 2. The number of rotatable bonds is 7. The number of hydrogen-bond donors (Lipinski definition) is 1. The lowest BCUT2D eigenvalue weighted by atomic mass is 9.99. The van der Waals surface area contributed by atoms with Crippen LogP contribution in [0.4, 0.5) is 5.69 Å². The summed E-state index contributed by atoms with van der Waals surface area (Å²) in [6.45, 7) is 6.43. The van der Waals surface area contributed by atoms with Crippen LogP contribution in [0.15, 0.2) is 53.7 Å². The van der Waals surface area contributed by atoms with Crippen molar-refractivity contribution in [2.75, 3.05) is 11.1 Å². The minimum atomic E-state index is -0.0545. The predicted molar refractivity (Wildman–Crippen MR) is 116 cm³/mol. The first-order valence-corrected chi connectivity index (χ1v) is 10.5. The molecule has 3 aromatic rings. The van der Waals surface area contributed by atoms with Crippen LogP contribution in [0.5, 0.6) is 0 Å². The zero-order valence-electron chi connectivity index (χ0n) is 16.8. The summed E-state index contributed by atoms with van der Waals surface area (Å²) in [5.74, 6) is 1.55.